The Hall–Kier alpha value is 0.310. The van der Waals surface area contributed by atoms with Gasteiger partial charge in [-0.25, -0.2) is 0 Å². The topological polar surface area (TPSA) is 3.24 Å². The Morgan fingerprint density at radius 3 is 2.22 bits per heavy atom. The van der Waals surface area contributed by atoms with Crippen molar-refractivity contribution in [2.45, 2.75) is 33.1 Å². The van der Waals surface area contributed by atoms with Gasteiger partial charge in [-0.2, -0.15) is 0 Å². The summed E-state index contributed by atoms with van der Waals surface area (Å²) in [4.78, 5) is 0. The lowest BCUT2D eigenvalue weighted by atomic mass is 10.3. The maximum Gasteiger partial charge on any atom is -0.0240 e. The van der Waals surface area contributed by atoms with Crippen LogP contribution in [0.1, 0.15) is 33.1 Å². The van der Waals surface area contributed by atoms with Crippen LogP contribution in [0.3, 0.4) is 0 Å². The maximum absolute atomic E-state index is 5.04. The van der Waals surface area contributed by atoms with Gasteiger partial charge >= 0.3 is 0 Å². The van der Waals surface area contributed by atoms with E-state index in [0.29, 0.717) is 0 Å². The second-order valence-corrected chi connectivity index (χ2v) is 2.80. The lowest BCUT2D eigenvalue weighted by molar-refractivity contribution is 0.458. The average Bonchev–Trinajstić information content (AvgIpc) is 1.85. The lowest BCUT2D eigenvalue weighted by Crippen LogP contribution is -2.18. The van der Waals surface area contributed by atoms with Crippen LogP contribution < -0.4 is 0 Å². The molecule has 0 radical (unpaired) electrons. The minimum atomic E-state index is 1.06. The highest BCUT2D eigenvalue weighted by molar-refractivity contribution is 7.55. The molecule has 0 heterocycles. The van der Waals surface area contributed by atoms with E-state index in [2.05, 4.69) is 13.8 Å². The van der Waals surface area contributed by atoms with Crippen molar-refractivity contribution in [1.29, 1.82) is 0 Å². The number of hydrogen-bond acceptors (Lipinski definition) is 2. The summed E-state index contributed by atoms with van der Waals surface area (Å²) < 4.78 is 1.98. The molecule has 0 spiro atoms. The summed E-state index contributed by atoms with van der Waals surface area (Å²) in [5, 5.41) is 0. The van der Waals surface area contributed by atoms with Crippen LogP contribution in [0, 0.1) is 0 Å². The third-order valence-electron chi connectivity index (χ3n) is 1.23. The molecule has 0 saturated carbocycles. The fourth-order valence-electron chi connectivity index (χ4n) is 0.696. The first-order chi connectivity index (χ1) is 4.31. The first kappa shape index (κ1) is 9.31. The molecule has 0 unspecified atom stereocenters. The van der Waals surface area contributed by atoms with Gasteiger partial charge in [-0.15, -0.1) is 0 Å². The van der Waals surface area contributed by atoms with E-state index in [1.54, 1.807) is 0 Å². The van der Waals surface area contributed by atoms with E-state index < -0.39 is 0 Å². The standard InChI is InChI=1S/C7H16NS/c1-3-5-7-8(9)6-4-2/h3-7H2,1-2H3/q-1. The SMILES string of the molecule is CCCCN([S-])CCC. The zero-order valence-electron chi connectivity index (χ0n) is 6.39. The lowest BCUT2D eigenvalue weighted by Gasteiger charge is -2.28. The van der Waals surface area contributed by atoms with Gasteiger partial charge in [0.05, 0.1) is 0 Å². The molecule has 0 aromatic heterocycles. The smallest absolute Gasteiger partial charge is 0.0240 e. The summed E-state index contributed by atoms with van der Waals surface area (Å²) in [5.74, 6) is 0. The summed E-state index contributed by atoms with van der Waals surface area (Å²) in [6.45, 7) is 6.50. The van der Waals surface area contributed by atoms with Gasteiger partial charge in [-0.1, -0.05) is 20.3 Å². The van der Waals surface area contributed by atoms with Gasteiger partial charge in [0.15, 0.2) is 0 Å². The first-order valence-corrected chi connectivity index (χ1v) is 4.09. The number of rotatable bonds is 5. The molecule has 0 fully saturated rings. The largest absolute Gasteiger partial charge is 0.702 e. The fourth-order valence-corrected chi connectivity index (χ4v) is 1.01. The van der Waals surface area contributed by atoms with Crippen molar-refractivity contribution in [3.8, 4) is 0 Å². The number of hydrogen-bond donors (Lipinski definition) is 0. The molecule has 0 rings (SSSR count). The van der Waals surface area contributed by atoms with E-state index >= 15 is 0 Å². The van der Waals surface area contributed by atoms with Crippen molar-refractivity contribution >= 4 is 12.8 Å². The highest BCUT2D eigenvalue weighted by atomic mass is 32.1. The molecule has 0 N–H and O–H groups in total. The van der Waals surface area contributed by atoms with Crippen molar-refractivity contribution < 1.29 is 0 Å². The van der Waals surface area contributed by atoms with Crippen molar-refractivity contribution in [2.24, 2.45) is 0 Å². The highest BCUT2D eigenvalue weighted by Gasteiger charge is 1.84. The molecule has 0 atom stereocenters. The van der Waals surface area contributed by atoms with Crippen LogP contribution in [-0.4, -0.2) is 17.4 Å². The van der Waals surface area contributed by atoms with Gasteiger partial charge in [0.1, 0.15) is 0 Å². The van der Waals surface area contributed by atoms with E-state index in [1.165, 1.54) is 19.3 Å². The van der Waals surface area contributed by atoms with Gasteiger partial charge in [0, 0.05) is 0 Å². The second-order valence-electron chi connectivity index (χ2n) is 2.28. The predicted molar refractivity (Wildman–Crippen MR) is 44.1 cm³/mol. The summed E-state index contributed by atoms with van der Waals surface area (Å²) >= 11 is 5.04. The zero-order chi connectivity index (χ0) is 7.11. The monoisotopic (exact) mass is 146 g/mol. The van der Waals surface area contributed by atoms with E-state index in [1.807, 2.05) is 4.31 Å². The molecular weight excluding hydrogens is 130 g/mol. The Labute approximate surface area is 64.0 Å². The molecule has 0 aliphatic heterocycles. The Bertz CT molecular complexity index is 56.9. The number of unbranched alkanes of at least 4 members (excludes halogenated alkanes) is 1. The normalized spacial score (nSPS) is 10.7. The van der Waals surface area contributed by atoms with Crippen LogP contribution in [0.25, 0.3) is 0 Å². The zero-order valence-corrected chi connectivity index (χ0v) is 7.21. The molecule has 56 valence electrons. The Balaban J connectivity index is 2.95. The first-order valence-electron chi connectivity index (χ1n) is 3.73. The molecule has 2 heteroatoms. The molecule has 0 saturated heterocycles. The van der Waals surface area contributed by atoms with Gasteiger partial charge in [0.25, 0.3) is 0 Å². The predicted octanol–water partition coefficient (Wildman–Crippen LogP) is 1.96. The third kappa shape index (κ3) is 6.19. The summed E-state index contributed by atoms with van der Waals surface area (Å²) in [6, 6.07) is 0. The molecule has 9 heavy (non-hydrogen) atoms. The van der Waals surface area contributed by atoms with Crippen LogP contribution in [0.5, 0.6) is 0 Å². The van der Waals surface area contributed by atoms with E-state index in [0.717, 1.165) is 13.1 Å². The van der Waals surface area contributed by atoms with Gasteiger partial charge in [0.2, 0.25) is 0 Å². The maximum atomic E-state index is 5.04. The molecule has 0 aromatic carbocycles. The molecular formula is C7H16NS-. The van der Waals surface area contributed by atoms with E-state index in [4.69, 9.17) is 12.8 Å². The molecule has 0 aromatic rings. The van der Waals surface area contributed by atoms with E-state index in [-0.39, 0.29) is 0 Å². The molecule has 0 aliphatic carbocycles. The van der Waals surface area contributed by atoms with Crippen LogP contribution in [0.2, 0.25) is 0 Å². The third-order valence-corrected chi connectivity index (χ3v) is 1.60. The second kappa shape index (κ2) is 6.43. The van der Waals surface area contributed by atoms with Crippen LogP contribution >= 0.6 is 0 Å². The van der Waals surface area contributed by atoms with Gasteiger partial charge < -0.3 is 17.1 Å². The van der Waals surface area contributed by atoms with Crippen molar-refractivity contribution in [1.82, 2.24) is 4.31 Å². The van der Waals surface area contributed by atoms with Gasteiger partial charge in [-0.05, 0) is 25.9 Å². The molecule has 0 amide bonds. The average molecular weight is 146 g/mol. The van der Waals surface area contributed by atoms with Gasteiger partial charge in [-0.3, -0.25) is 0 Å². The minimum Gasteiger partial charge on any atom is -0.702 e. The minimum absolute atomic E-state index is 1.06. The Morgan fingerprint density at radius 2 is 1.78 bits per heavy atom. The summed E-state index contributed by atoms with van der Waals surface area (Å²) in [6.07, 6.45) is 3.66. The highest BCUT2D eigenvalue weighted by Crippen LogP contribution is 1.92. The molecule has 0 aliphatic rings. The molecule has 0 bridgehead atoms. The summed E-state index contributed by atoms with van der Waals surface area (Å²) in [5.41, 5.74) is 0. The van der Waals surface area contributed by atoms with Crippen LogP contribution in [0.15, 0.2) is 0 Å². The molecule has 1 nitrogen and oxygen atoms in total. The Kier molecular flexibility index (Phi) is 6.65. The van der Waals surface area contributed by atoms with Crippen LogP contribution in [-0.2, 0) is 12.8 Å². The quantitative estimate of drug-likeness (QED) is 0.545. The van der Waals surface area contributed by atoms with Crippen LogP contribution in [0.4, 0.5) is 0 Å². The Morgan fingerprint density at radius 1 is 1.11 bits per heavy atom. The fraction of sp³-hybridized carbons (Fsp3) is 1.00. The van der Waals surface area contributed by atoms with Crippen molar-refractivity contribution in [2.75, 3.05) is 13.1 Å². The summed E-state index contributed by atoms with van der Waals surface area (Å²) in [7, 11) is 0. The number of nitrogens with zero attached hydrogens (tertiary/aromatic N) is 1. The van der Waals surface area contributed by atoms with Crippen molar-refractivity contribution in [3.63, 3.8) is 0 Å². The van der Waals surface area contributed by atoms with E-state index in [9.17, 15) is 0 Å². The van der Waals surface area contributed by atoms with Crippen molar-refractivity contribution in [3.05, 3.63) is 0 Å².